The van der Waals surface area contributed by atoms with Crippen molar-refractivity contribution < 1.29 is 8.81 Å². The quantitative estimate of drug-likeness (QED) is 0.796. The summed E-state index contributed by atoms with van der Waals surface area (Å²) in [4.78, 5) is 2.22. The van der Waals surface area contributed by atoms with Crippen LogP contribution in [0.25, 0.3) is 11.0 Å². The lowest BCUT2D eigenvalue weighted by Crippen LogP contribution is -2.43. The SMILES string of the molecule is Fc1cccc2c(N3CCNCC3)coc12. The Hall–Kier alpha value is -1.55. The van der Waals surface area contributed by atoms with Crippen molar-refractivity contribution in [3.05, 3.63) is 30.3 Å². The second-order valence-corrected chi connectivity index (χ2v) is 3.97. The number of piperazine rings is 1. The van der Waals surface area contributed by atoms with E-state index in [0.717, 1.165) is 37.3 Å². The number of anilines is 1. The highest BCUT2D eigenvalue weighted by Gasteiger charge is 2.16. The standard InChI is InChI=1S/C12H13FN2O/c13-10-3-1-2-9-11(8-16-12(9)10)15-6-4-14-5-7-15/h1-3,8,14H,4-7H2. The molecule has 16 heavy (non-hydrogen) atoms. The van der Waals surface area contributed by atoms with Gasteiger partial charge in [0.1, 0.15) is 6.26 Å². The largest absolute Gasteiger partial charge is 0.459 e. The van der Waals surface area contributed by atoms with Crippen LogP contribution in [0.3, 0.4) is 0 Å². The minimum absolute atomic E-state index is 0.293. The smallest absolute Gasteiger partial charge is 0.171 e. The molecule has 0 unspecified atom stereocenters. The van der Waals surface area contributed by atoms with Gasteiger partial charge in [0.05, 0.1) is 5.69 Å². The number of rotatable bonds is 1. The molecule has 0 spiro atoms. The van der Waals surface area contributed by atoms with E-state index < -0.39 is 0 Å². The predicted molar refractivity (Wildman–Crippen MR) is 61.3 cm³/mol. The first-order valence-electron chi connectivity index (χ1n) is 5.47. The van der Waals surface area contributed by atoms with Gasteiger partial charge in [-0.3, -0.25) is 0 Å². The Morgan fingerprint density at radius 1 is 1.25 bits per heavy atom. The Morgan fingerprint density at radius 3 is 2.88 bits per heavy atom. The van der Waals surface area contributed by atoms with Crippen molar-refractivity contribution in [2.75, 3.05) is 31.1 Å². The fraction of sp³-hybridized carbons (Fsp3) is 0.333. The molecular formula is C12H13FN2O. The van der Waals surface area contributed by atoms with Gasteiger partial charge in [0, 0.05) is 31.6 Å². The molecule has 1 saturated heterocycles. The molecule has 1 N–H and O–H groups in total. The Morgan fingerprint density at radius 2 is 2.06 bits per heavy atom. The van der Waals surface area contributed by atoms with E-state index >= 15 is 0 Å². The Labute approximate surface area is 92.8 Å². The number of fused-ring (bicyclic) bond motifs is 1. The van der Waals surface area contributed by atoms with Crippen LogP contribution in [-0.4, -0.2) is 26.2 Å². The van der Waals surface area contributed by atoms with Crippen molar-refractivity contribution in [3.8, 4) is 0 Å². The fourth-order valence-electron chi connectivity index (χ4n) is 2.16. The Balaban J connectivity index is 2.06. The molecule has 1 aliphatic heterocycles. The highest BCUT2D eigenvalue weighted by Crippen LogP contribution is 2.30. The molecule has 1 aliphatic rings. The third-order valence-corrected chi connectivity index (χ3v) is 2.99. The van der Waals surface area contributed by atoms with Crippen molar-refractivity contribution in [2.24, 2.45) is 0 Å². The van der Waals surface area contributed by atoms with Crippen LogP contribution in [0, 0.1) is 5.82 Å². The van der Waals surface area contributed by atoms with E-state index in [-0.39, 0.29) is 5.82 Å². The molecule has 84 valence electrons. The lowest BCUT2D eigenvalue weighted by atomic mass is 10.2. The molecule has 2 aromatic rings. The van der Waals surface area contributed by atoms with Crippen LogP contribution >= 0.6 is 0 Å². The molecule has 0 amide bonds. The summed E-state index contributed by atoms with van der Waals surface area (Å²) in [6, 6.07) is 5.05. The van der Waals surface area contributed by atoms with Crippen LogP contribution in [0.1, 0.15) is 0 Å². The van der Waals surface area contributed by atoms with Gasteiger partial charge in [-0.05, 0) is 12.1 Å². The molecule has 0 atom stereocenters. The molecule has 3 rings (SSSR count). The second-order valence-electron chi connectivity index (χ2n) is 3.97. The lowest BCUT2D eigenvalue weighted by molar-refractivity contribution is 0.554. The first-order valence-corrected chi connectivity index (χ1v) is 5.47. The molecule has 0 bridgehead atoms. The van der Waals surface area contributed by atoms with Crippen LogP contribution in [0.5, 0.6) is 0 Å². The molecule has 0 saturated carbocycles. The van der Waals surface area contributed by atoms with Crippen LogP contribution < -0.4 is 10.2 Å². The molecule has 3 nitrogen and oxygen atoms in total. The third-order valence-electron chi connectivity index (χ3n) is 2.99. The summed E-state index contributed by atoms with van der Waals surface area (Å²) in [7, 11) is 0. The lowest BCUT2D eigenvalue weighted by Gasteiger charge is -2.28. The highest BCUT2D eigenvalue weighted by molar-refractivity contribution is 5.91. The van der Waals surface area contributed by atoms with Gasteiger partial charge in [-0.2, -0.15) is 0 Å². The van der Waals surface area contributed by atoms with Crippen molar-refractivity contribution in [2.45, 2.75) is 0 Å². The van der Waals surface area contributed by atoms with Crippen LogP contribution in [0.15, 0.2) is 28.9 Å². The molecular weight excluding hydrogens is 207 g/mol. The third kappa shape index (κ3) is 1.46. The average molecular weight is 220 g/mol. The summed E-state index contributed by atoms with van der Waals surface area (Å²) in [5, 5.41) is 4.15. The number of hydrogen-bond acceptors (Lipinski definition) is 3. The summed E-state index contributed by atoms with van der Waals surface area (Å²) in [6.45, 7) is 3.79. The highest BCUT2D eigenvalue weighted by atomic mass is 19.1. The fourth-order valence-corrected chi connectivity index (χ4v) is 2.16. The number of nitrogens with zero attached hydrogens (tertiary/aromatic N) is 1. The number of benzene rings is 1. The predicted octanol–water partition coefficient (Wildman–Crippen LogP) is 1.98. The van der Waals surface area contributed by atoms with Crippen molar-refractivity contribution >= 4 is 16.7 Å². The molecule has 4 heteroatoms. The Kier molecular flexibility index (Phi) is 2.29. The molecule has 2 heterocycles. The summed E-state index contributed by atoms with van der Waals surface area (Å²) in [5.74, 6) is -0.293. The molecule has 1 fully saturated rings. The van der Waals surface area contributed by atoms with Gasteiger partial charge < -0.3 is 14.6 Å². The maximum atomic E-state index is 13.4. The van der Waals surface area contributed by atoms with Gasteiger partial charge in [-0.15, -0.1) is 0 Å². The van der Waals surface area contributed by atoms with E-state index in [1.54, 1.807) is 12.3 Å². The second kappa shape index (κ2) is 3.79. The zero-order valence-corrected chi connectivity index (χ0v) is 8.87. The van der Waals surface area contributed by atoms with E-state index in [0.29, 0.717) is 5.58 Å². The first-order chi connectivity index (χ1) is 7.86. The topological polar surface area (TPSA) is 28.4 Å². The van der Waals surface area contributed by atoms with Crippen LogP contribution in [0.2, 0.25) is 0 Å². The zero-order chi connectivity index (χ0) is 11.0. The number of para-hydroxylation sites is 1. The summed E-state index contributed by atoms with van der Waals surface area (Å²) in [5.41, 5.74) is 1.35. The monoisotopic (exact) mass is 220 g/mol. The van der Waals surface area contributed by atoms with Crippen LogP contribution in [0.4, 0.5) is 10.1 Å². The van der Waals surface area contributed by atoms with E-state index in [2.05, 4.69) is 10.2 Å². The zero-order valence-electron chi connectivity index (χ0n) is 8.87. The summed E-state index contributed by atoms with van der Waals surface area (Å²) in [6.07, 6.45) is 1.65. The van der Waals surface area contributed by atoms with E-state index in [9.17, 15) is 4.39 Å². The van der Waals surface area contributed by atoms with Gasteiger partial charge in [-0.1, -0.05) is 6.07 Å². The summed E-state index contributed by atoms with van der Waals surface area (Å²) < 4.78 is 18.7. The van der Waals surface area contributed by atoms with E-state index in [1.807, 2.05) is 6.07 Å². The molecule has 1 aromatic carbocycles. The Bertz CT molecular complexity index is 503. The van der Waals surface area contributed by atoms with Gasteiger partial charge in [0.2, 0.25) is 0 Å². The first kappa shape index (κ1) is 9.66. The maximum absolute atomic E-state index is 13.4. The molecule has 1 aromatic heterocycles. The average Bonchev–Trinajstić information content (AvgIpc) is 2.75. The maximum Gasteiger partial charge on any atom is 0.171 e. The minimum atomic E-state index is -0.293. The van der Waals surface area contributed by atoms with Crippen molar-refractivity contribution in [3.63, 3.8) is 0 Å². The van der Waals surface area contributed by atoms with Crippen LogP contribution in [-0.2, 0) is 0 Å². The van der Waals surface area contributed by atoms with Gasteiger partial charge in [0.25, 0.3) is 0 Å². The van der Waals surface area contributed by atoms with Gasteiger partial charge >= 0.3 is 0 Å². The van der Waals surface area contributed by atoms with Crippen molar-refractivity contribution in [1.82, 2.24) is 5.32 Å². The molecule has 0 radical (unpaired) electrons. The number of furan rings is 1. The van der Waals surface area contributed by atoms with E-state index in [4.69, 9.17) is 4.42 Å². The molecule has 0 aliphatic carbocycles. The van der Waals surface area contributed by atoms with Crippen molar-refractivity contribution in [1.29, 1.82) is 0 Å². The summed E-state index contributed by atoms with van der Waals surface area (Å²) >= 11 is 0. The number of halogens is 1. The van der Waals surface area contributed by atoms with Gasteiger partial charge in [-0.25, -0.2) is 4.39 Å². The number of hydrogen-bond donors (Lipinski definition) is 1. The van der Waals surface area contributed by atoms with Gasteiger partial charge in [0.15, 0.2) is 11.4 Å². The number of nitrogens with one attached hydrogen (secondary N) is 1. The normalized spacial score (nSPS) is 16.9. The van der Waals surface area contributed by atoms with E-state index in [1.165, 1.54) is 6.07 Å². The minimum Gasteiger partial charge on any atom is -0.459 e.